The molecule has 0 atom stereocenters. The minimum absolute atomic E-state index is 0.0122. The molecule has 11 nitrogen and oxygen atoms in total. The van der Waals surface area contributed by atoms with Gasteiger partial charge < -0.3 is 9.47 Å². The number of rotatable bonds is 6. The number of fused-ring (bicyclic) bond motifs is 1. The SMILES string of the molecule is C/C(=N\n1c(-c2ccc([N+](=O)[O-])cc2)csc1=Nc1c(C)n(C)n(-c2ccccc2)c1=O)c1ccc2c(c1)OCO2. The fraction of sp³-hybridized carbons (Fsp3) is 0.138. The lowest BCUT2D eigenvalue weighted by molar-refractivity contribution is -0.384. The summed E-state index contributed by atoms with van der Waals surface area (Å²) in [5.74, 6) is 1.30. The van der Waals surface area contributed by atoms with Crippen LogP contribution in [-0.2, 0) is 7.05 Å². The Morgan fingerprint density at radius 3 is 2.49 bits per heavy atom. The van der Waals surface area contributed by atoms with Gasteiger partial charge >= 0.3 is 0 Å². The summed E-state index contributed by atoms with van der Waals surface area (Å²) in [6.07, 6.45) is 0. The number of nitro benzene ring substituents is 1. The number of benzene rings is 3. The molecule has 0 fully saturated rings. The third kappa shape index (κ3) is 4.74. The molecule has 5 aromatic rings. The van der Waals surface area contributed by atoms with E-state index in [-0.39, 0.29) is 23.7 Å². The normalized spacial score (nSPS) is 13.1. The number of nitrogens with zero attached hydrogens (tertiary/aromatic N) is 6. The van der Waals surface area contributed by atoms with Crippen LogP contribution in [0.5, 0.6) is 11.5 Å². The van der Waals surface area contributed by atoms with Gasteiger partial charge in [0.05, 0.1) is 27.7 Å². The van der Waals surface area contributed by atoms with Crippen molar-refractivity contribution in [1.29, 1.82) is 0 Å². The van der Waals surface area contributed by atoms with Gasteiger partial charge in [0.1, 0.15) is 0 Å². The van der Waals surface area contributed by atoms with E-state index in [0.717, 1.165) is 11.3 Å². The van der Waals surface area contributed by atoms with Gasteiger partial charge in [-0.1, -0.05) is 18.2 Å². The van der Waals surface area contributed by atoms with Crippen molar-refractivity contribution < 1.29 is 14.4 Å². The Hall–Kier alpha value is -5.23. The summed E-state index contributed by atoms with van der Waals surface area (Å²) in [7, 11) is 1.81. The van der Waals surface area contributed by atoms with Gasteiger partial charge in [-0.05, 0) is 56.3 Å². The van der Waals surface area contributed by atoms with E-state index >= 15 is 0 Å². The minimum atomic E-state index is -0.440. The van der Waals surface area contributed by atoms with Gasteiger partial charge in [0, 0.05) is 35.7 Å². The molecular weight excluding hydrogens is 544 g/mol. The van der Waals surface area contributed by atoms with Crippen molar-refractivity contribution in [2.75, 3.05) is 6.79 Å². The fourth-order valence-corrected chi connectivity index (χ4v) is 5.37. The van der Waals surface area contributed by atoms with E-state index < -0.39 is 4.92 Å². The molecule has 1 aliphatic rings. The zero-order chi connectivity index (χ0) is 28.7. The predicted molar refractivity (Wildman–Crippen MR) is 156 cm³/mol. The van der Waals surface area contributed by atoms with Crippen LogP contribution in [0.1, 0.15) is 18.2 Å². The number of ether oxygens (including phenoxy) is 2. The number of para-hydroxylation sites is 1. The molecule has 0 N–H and O–H groups in total. The molecule has 0 saturated heterocycles. The lowest BCUT2D eigenvalue weighted by atomic mass is 10.1. The zero-order valence-electron chi connectivity index (χ0n) is 22.3. The van der Waals surface area contributed by atoms with E-state index in [1.54, 1.807) is 26.2 Å². The lowest BCUT2D eigenvalue weighted by Crippen LogP contribution is -2.20. The maximum Gasteiger partial charge on any atom is 0.297 e. The molecule has 0 aliphatic carbocycles. The monoisotopic (exact) mass is 568 g/mol. The molecule has 0 unspecified atom stereocenters. The molecule has 0 radical (unpaired) electrons. The van der Waals surface area contributed by atoms with Crippen molar-refractivity contribution in [2.45, 2.75) is 13.8 Å². The van der Waals surface area contributed by atoms with Crippen molar-refractivity contribution in [3.05, 3.63) is 115 Å². The fourth-order valence-electron chi connectivity index (χ4n) is 4.53. The second kappa shape index (κ2) is 10.4. The number of aromatic nitrogens is 3. The molecule has 206 valence electrons. The smallest absolute Gasteiger partial charge is 0.297 e. The summed E-state index contributed by atoms with van der Waals surface area (Å²) in [5.41, 5.74) is 4.29. The van der Waals surface area contributed by atoms with Gasteiger partial charge in [-0.3, -0.25) is 19.6 Å². The van der Waals surface area contributed by atoms with E-state index in [2.05, 4.69) is 0 Å². The second-order valence-electron chi connectivity index (χ2n) is 9.29. The van der Waals surface area contributed by atoms with Crippen LogP contribution in [0.2, 0.25) is 0 Å². The molecule has 12 heteroatoms. The van der Waals surface area contributed by atoms with Crippen LogP contribution in [0.3, 0.4) is 0 Å². The lowest BCUT2D eigenvalue weighted by Gasteiger charge is -2.07. The highest BCUT2D eigenvalue weighted by Gasteiger charge is 2.18. The highest BCUT2D eigenvalue weighted by Crippen LogP contribution is 2.33. The Balaban J connectivity index is 1.53. The van der Waals surface area contributed by atoms with Gasteiger partial charge in [-0.15, -0.1) is 11.3 Å². The quantitative estimate of drug-likeness (QED) is 0.159. The summed E-state index contributed by atoms with van der Waals surface area (Å²) in [6, 6.07) is 21.2. The molecule has 1 aliphatic heterocycles. The molecule has 0 spiro atoms. The first-order valence-electron chi connectivity index (χ1n) is 12.6. The minimum Gasteiger partial charge on any atom is -0.454 e. The Bertz CT molecular complexity index is 1950. The maximum atomic E-state index is 13.6. The van der Waals surface area contributed by atoms with Crippen LogP contribution in [0.25, 0.3) is 16.9 Å². The molecule has 6 rings (SSSR count). The van der Waals surface area contributed by atoms with Gasteiger partial charge in [0.2, 0.25) is 11.6 Å². The zero-order valence-corrected chi connectivity index (χ0v) is 23.2. The third-order valence-corrected chi connectivity index (χ3v) is 7.65. The number of hydrogen-bond donors (Lipinski definition) is 0. The topological polar surface area (TPSA) is 118 Å². The van der Waals surface area contributed by atoms with E-state index in [1.807, 2.05) is 74.8 Å². The Kier molecular flexibility index (Phi) is 6.59. The van der Waals surface area contributed by atoms with E-state index in [4.69, 9.17) is 19.6 Å². The van der Waals surface area contributed by atoms with E-state index in [1.165, 1.54) is 23.5 Å². The summed E-state index contributed by atoms with van der Waals surface area (Å²) in [6.45, 7) is 3.87. The number of non-ortho nitro benzene ring substituents is 1. The Morgan fingerprint density at radius 2 is 1.76 bits per heavy atom. The molecule has 3 aromatic carbocycles. The summed E-state index contributed by atoms with van der Waals surface area (Å²) in [4.78, 5) is 29.6. The molecule has 2 aromatic heterocycles. The largest absolute Gasteiger partial charge is 0.454 e. The van der Waals surface area contributed by atoms with Crippen molar-refractivity contribution in [3.63, 3.8) is 0 Å². The highest BCUT2D eigenvalue weighted by atomic mass is 32.1. The van der Waals surface area contributed by atoms with Gasteiger partial charge in [0.15, 0.2) is 17.2 Å². The van der Waals surface area contributed by atoms with Crippen LogP contribution < -0.4 is 19.8 Å². The van der Waals surface area contributed by atoms with Crippen molar-refractivity contribution >= 4 is 28.4 Å². The van der Waals surface area contributed by atoms with Crippen molar-refractivity contribution in [3.8, 4) is 28.4 Å². The van der Waals surface area contributed by atoms with Crippen LogP contribution in [0, 0.1) is 17.0 Å². The van der Waals surface area contributed by atoms with Crippen LogP contribution >= 0.6 is 11.3 Å². The van der Waals surface area contributed by atoms with Crippen molar-refractivity contribution in [1.82, 2.24) is 14.0 Å². The average Bonchev–Trinajstić information content (AvgIpc) is 3.67. The summed E-state index contributed by atoms with van der Waals surface area (Å²) >= 11 is 1.32. The van der Waals surface area contributed by atoms with Gasteiger partial charge in [0.25, 0.3) is 11.2 Å². The Morgan fingerprint density at radius 1 is 1.02 bits per heavy atom. The van der Waals surface area contributed by atoms with Crippen LogP contribution in [-0.4, -0.2) is 31.5 Å². The first-order chi connectivity index (χ1) is 19.8. The van der Waals surface area contributed by atoms with E-state index in [0.29, 0.717) is 39.0 Å². The first kappa shape index (κ1) is 26.0. The molecule has 0 amide bonds. The van der Waals surface area contributed by atoms with Gasteiger partial charge in [-0.25, -0.2) is 14.4 Å². The number of thiazole rings is 1. The number of hydrogen-bond acceptors (Lipinski definition) is 8. The average molecular weight is 569 g/mol. The predicted octanol–water partition coefficient (Wildman–Crippen LogP) is 5.16. The first-order valence-corrected chi connectivity index (χ1v) is 13.5. The summed E-state index contributed by atoms with van der Waals surface area (Å²) in [5, 5.41) is 18.0. The highest BCUT2D eigenvalue weighted by molar-refractivity contribution is 7.07. The standard InChI is InChI=1S/C29H24N6O5S/c1-18(21-11-14-25-26(15-21)40-17-39-25)31-33-24(20-9-12-23(13-10-20)35(37)38)16-41-29(33)30-27-19(2)32(3)34(28(27)36)22-7-5-4-6-8-22/h4-16H,17H2,1-3H3/b30-29?,31-18+. The maximum absolute atomic E-state index is 13.6. The third-order valence-electron chi connectivity index (χ3n) is 6.83. The van der Waals surface area contributed by atoms with Crippen LogP contribution in [0.4, 0.5) is 11.4 Å². The van der Waals surface area contributed by atoms with E-state index in [9.17, 15) is 14.9 Å². The second-order valence-corrected chi connectivity index (χ2v) is 10.1. The number of nitro groups is 1. The van der Waals surface area contributed by atoms with Gasteiger partial charge in [-0.2, -0.15) is 5.10 Å². The van der Waals surface area contributed by atoms with Crippen LogP contribution in [0.15, 0.2) is 93.1 Å². The molecule has 41 heavy (non-hydrogen) atoms. The molecule has 0 saturated carbocycles. The summed E-state index contributed by atoms with van der Waals surface area (Å²) < 4.78 is 16.0. The molecule has 0 bridgehead atoms. The molecule has 3 heterocycles. The Labute approximate surface area is 237 Å². The van der Waals surface area contributed by atoms with Crippen molar-refractivity contribution in [2.24, 2.45) is 17.1 Å². The molecular formula is C29H24N6O5S.